The van der Waals surface area contributed by atoms with Crippen molar-refractivity contribution in [3.63, 3.8) is 0 Å². The van der Waals surface area contributed by atoms with Crippen LogP contribution in [-0.4, -0.2) is 33.4 Å². The highest BCUT2D eigenvalue weighted by atomic mass is 19.1. The Labute approximate surface area is 155 Å². The van der Waals surface area contributed by atoms with E-state index in [-0.39, 0.29) is 37.0 Å². The van der Waals surface area contributed by atoms with E-state index >= 15 is 0 Å². The predicted molar refractivity (Wildman–Crippen MR) is 96.3 cm³/mol. The van der Waals surface area contributed by atoms with Crippen molar-refractivity contribution in [3.8, 4) is 0 Å². The Morgan fingerprint density at radius 1 is 1.22 bits per heavy atom. The lowest BCUT2D eigenvalue weighted by Crippen LogP contribution is -2.43. The topological polar surface area (TPSA) is 111 Å². The van der Waals surface area contributed by atoms with E-state index in [1.807, 2.05) is 0 Å². The molecule has 0 saturated carbocycles. The molecule has 2 amide bonds. The lowest BCUT2D eigenvalue weighted by molar-refractivity contribution is -0.137. The molecule has 0 aliphatic carbocycles. The van der Waals surface area contributed by atoms with Crippen molar-refractivity contribution < 1.29 is 23.9 Å². The van der Waals surface area contributed by atoms with Gasteiger partial charge in [-0.05, 0) is 43.5 Å². The molecule has 0 radical (unpaired) electrons. The van der Waals surface area contributed by atoms with Gasteiger partial charge in [-0.15, -0.1) is 0 Å². The summed E-state index contributed by atoms with van der Waals surface area (Å²) in [7, 11) is 0. The van der Waals surface area contributed by atoms with Crippen LogP contribution in [-0.2, 0) is 20.9 Å². The molecule has 2 heterocycles. The number of nitrogens with one attached hydrogen (secondary N) is 3. The molecule has 1 fully saturated rings. The summed E-state index contributed by atoms with van der Waals surface area (Å²) in [5, 5.41) is 15.3. The predicted octanol–water partition coefficient (Wildman–Crippen LogP) is 2.22. The molecule has 3 rings (SSSR count). The Balaban J connectivity index is 1.53. The smallest absolute Gasteiger partial charge is 0.303 e. The molecular weight excluding hydrogens is 353 g/mol. The molecule has 1 aromatic heterocycles. The first-order valence-corrected chi connectivity index (χ1v) is 8.92. The lowest BCUT2D eigenvalue weighted by Gasteiger charge is -2.28. The minimum Gasteiger partial charge on any atom is -0.481 e. The Hall–Kier alpha value is -2.90. The van der Waals surface area contributed by atoms with Gasteiger partial charge in [-0.3, -0.25) is 14.4 Å². The van der Waals surface area contributed by atoms with Crippen molar-refractivity contribution in [1.29, 1.82) is 0 Å². The van der Waals surface area contributed by atoms with Gasteiger partial charge in [0, 0.05) is 41.4 Å². The van der Waals surface area contributed by atoms with Gasteiger partial charge in [0.2, 0.25) is 11.8 Å². The van der Waals surface area contributed by atoms with Crippen molar-refractivity contribution >= 4 is 28.7 Å². The summed E-state index contributed by atoms with van der Waals surface area (Å²) in [5.41, 5.74) is 0.937. The third-order valence-electron chi connectivity index (χ3n) is 5.00. The number of hydrogen-bond acceptors (Lipinski definition) is 3. The first-order valence-electron chi connectivity index (χ1n) is 8.92. The van der Waals surface area contributed by atoms with Crippen LogP contribution in [0.4, 0.5) is 4.39 Å². The molecule has 8 heteroatoms. The van der Waals surface area contributed by atoms with Crippen molar-refractivity contribution in [1.82, 2.24) is 15.6 Å². The van der Waals surface area contributed by atoms with Gasteiger partial charge in [-0.2, -0.15) is 0 Å². The number of fused-ring (bicyclic) bond motifs is 1. The van der Waals surface area contributed by atoms with Crippen molar-refractivity contribution in [3.05, 3.63) is 35.8 Å². The summed E-state index contributed by atoms with van der Waals surface area (Å²) in [4.78, 5) is 37.7. The quantitative estimate of drug-likeness (QED) is 0.567. The maximum Gasteiger partial charge on any atom is 0.303 e. The summed E-state index contributed by atoms with van der Waals surface area (Å²) in [6.07, 6.45) is 1.75. The molecule has 7 nitrogen and oxygen atoms in total. The number of carboxylic acid groups (broad SMARTS) is 1. The zero-order chi connectivity index (χ0) is 19.4. The zero-order valence-corrected chi connectivity index (χ0v) is 14.8. The van der Waals surface area contributed by atoms with Gasteiger partial charge in [-0.25, -0.2) is 4.39 Å². The summed E-state index contributed by atoms with van der Waals surface area (Å²) < 4.78 is 13.2. The van der Waals surface area contributed by atoms with Crippen molar-refractivity contribution in [2.75, 3.05) is 0 Å². The van der Waals surface area contributed by atoms with E-state index in [1.165, 1.54) is 12.1 Å². The van der Waals surface area contributed by atoms with Gasteiger partial charge in [0.05, 0.1) is 6.54 Å². The summed E-state index contributed by atoms with van der Waals surface area (Å²) in [5.74, 6) is -1.53. The molecule has 0 spiro atoms. The molecule has 1 atom stereocenters. The molecule has 1 saturated heterocycles. The highest BCUT2D eigenvalue weighted by Crippen LogP contribution is 2.30. The third kappa shape index (κ3) is 4.84. The summed E-state index contributed by atoms with van der Waals surface area (Å²) in [6.45, 7) is 0.281. The average molecular weight is 375 g/mol. The number of hydrogen-bond donors (Lipinski definition) is 4. The normalized spacial score (nSPS) is 19.2. The lowest BCUT2D eigenvalue weighted by atomic mass is 9.86. The van der Waals surface area contributed by atoms with Crippen LogP contribution >= 0.6 is 0 Å². The highest BCUT2D eigenvalue weighted by Gasteiger charge is 2.37. The molecule has 2 aromatic rings. The molecule has 144 valence electrons. The van der Waals surface area contributed by atoms with Gasteiger partial charge < -0.3 is 20.7 Å². The molecule has 4 N–H and O–H groups in total. The number of halogens is 1. The molecule has 27 heavy (non-hydrogen) atoms. The van der Waals surface area contributed by atoms with E-state index in [9.17, 15) is 18.8 Å². The molecule has 0 unspecified atom stereocenters. The van der Waals surface area contributed by atoms with Crippen LogP contribution in [0.25, 0.3) is 10.9 Å². The van der Waals surface area contributed by atoms with Crippen LogP contribution in [0.1, 0.15) is 44.2 Å². The number of aromatic amines is 1. The van der Waals surface area contributed by atoms with Gasteiger partial charge in [0.15, 0.2) is 0 Å². The first kappa shape index (κ1) is 18.9. The van der Waals surface area contributed by atoms with Crippen LogP contribution < -0.4 is 10.6 Å². The summed E-state index contributed by atoms with van der Waals surface area (Å²) >= 11 is 0. The molecular formula is C19H22FN3O4. The fourth-order valence-electron chi connectivity index (χ4n) is 3.51. The van der Waals surface area contributed by atoms with Crippen molar-refractivity contribution in [2.45, 2.75) is 50.6 Å². The second-order valence-corrected chi connectivity index (χ2v) is 7.03. The number of rotatable bonds is 8. The number of carbonyl (C=O) groups is 3. The van der Waals surface area contributed by atoms with E-state index < -0.39 is 11.5 Å². The van der Waals surface area contributed by atoms with Crippen LogP contribution in [0.2, 0.25) is 0 Å². The van der Waals surface area contributed by atoms with E-state index in [1.54, 1.807) is 12.1 Å². The van der Waals surface area contributed by atoms with E-state index in [0.717, 1.165) is 16.6 Å². The minimum atomic E-state index is -0.921. The van der Waals surface area contributed by atoms with Crippen LogP contribution in [0.3, 0.4) is 0 Å². The number of aromatic nitrogens is 1. The third-order valence-corrected chi connectivity index (χ3v) is 5.00. The molecule has 1 aliphatic rings. The largest absolute Gasteiger partial charge is 0.481 e. The van der Waals surface area contributed by atoms with E-state index in [0.29, 0.717) is 25.7 Å². The number of carbonyl (C=O) groups excluding carboxylic acids is 2. The number of amides is 2. The Morgan fingerprint density at radius 2 is 2.00 bits per heavy atom. The average Bonchev–Trinajstić information content (AvgIpc) is 3.19. The van der Waals surface area contributed by atoms with Crippen LogP contribution in [0.5, 0.6) is 0 Å². The number of carboxylic acids is 1. The Morgan fingerprint density at radius 3 is 2.70 bits per heavy atom. The number of H-pyrrole nitrogens is 1. The molecule has 1 aromatic carbocycles. The van der Waals surface area contributed by atoms with Crippen molar-refractivity contribution in [2.24, 2.45) is 0 Å². The Bertz CT molecular complexity index is 879. The van der Waals surface area contributed by atoms with Crippen LogP contribution in [0.15, 0.2) is 24.3 Å². The Kier molecular flexibility index (Phi) is 5.43. The molecule has 0 bridgehead atoms. The highest BCUT2D eigenvalue weighted by molar-refractivity contribution is 5.81. The monoisotopic (exact) mass is 375 g/mol. The standard InChI is InChI=1S/C19H22FN3O4/c20-13-1-2-15-12(9-13)10-14(22-15)11-21-16(24)3-6-19(8-5-18(26)27)7-4-17(25)23-19/h1-2,9-10,22H,3-8,11H2,(H,21,24)(H,23,25)(H,26,27)/t19-/m1/s1. The second kappa shape index (κ2) is 7.77. The fourth-order valence-corrected chi connectivity index (χ4v) is 3.51. The zero-order valence-electron chi connectivity index (χ0n) is 14.8. The van der Waals surface area contributed by atoms with E-state index in [4.69, 9.17) is 5.11 Å². The fraction of sp³-hybridized carbons (Fsp3) is 0.421. The SMILES string of the molecule is O=C(O)CC[C@@]1(CCC(=O)NCc2cc3cc(F)ccc3[nH]2)CCC(=O)N1. The van der Waals surface area contributed by atoms with Gasteiger partial charge in [0.1, 0.15) is 5.82 Å². The number of aliphatic carboxylic acids is 1. The molecule has 1 aliphatic heterocycles. The van der Waals surface area contributed by atoms with Gasteiger partial charge in [-0.1, -0.05) is 0 Å². The van der Waals surface area contributed by atoms with Gasteiger partial charge in [0.25, 0.3) is 0 Å². The number of benzene rings is 1. The minimum absolute atomic E-state index is 0.0481. The summed E-state index contributed by atoms with van der Waals surface area (Å²) in [6, 6.07) is 6.22. The van der Waals surface area contributed by atoms with E-state index in [2.05, 4.69) is 15.6 Å². The first-order chi connectivity index (χ1) is 12.8. The second-order valence-electron chi connectivity index (χ2n) is 7.03. The maximum atomic E-state index is 13.2. The maximum absolute atomic E-state index is 13.2. The van der Waals surface area contributed by atoms with Gasteiger partial charge >= 0.3 is 5.97 Å². The van der Waals surface area contributed by atoms with Crippen LogP contribution in [0, 0.1) is 5.82 Å².